The van der Waals surface area contributed by atoms with Crippen LogP contribution in [0.15, 0.2) is 60.7 Å². The summed E-state index contributed by atoms with van der Waals surface area (Å²) in [6.45, 7) is 2.69. The van der Waals surface area contributed by atoms with Gasteiger partial charge in [0.05, 0.1) is 13.7 Å². The molecule has 2 heteroatoms. The van der Waals surface area contributed by atoms with E-state index < -0.39 is 0 Å². The maximum Gasteiger partial charge on any atom is 0.119 e. The Morgan fingerprint density at radius 2 is 1.33 bits per heavy atom. The number of fused-ring (bicyclic) bond motifs is 1. The first kappa shape index (κ1) is 13.5. The molecule has 0 radical (unpaired) electrons. The molecule has 21 heavy (non-hydrogen) atoms. The van der Waals surface area contributed by atoms with E-state index in [2.05, 4.69) is 42.5 Å². The highest BCUT2D eigenvalue weighted by Gasteiger charge is 2.02. The Morgan fingerprint density at radius 1 is 0.714 bits per heavy atom. The van der Waals surface area contributed by atoms with Crippen molar-refractivity contribution in [2.45, 2.75) is 6.92 Å². The third-order valence-corrected chi connectivity index (χ3v) is 3.55. The quantitative estimate of drug-likeness (QED) is 0.674. The van der Waals surface area contributed by atoms with Crippen LogP contribution in [-0.4, -0.2) is 13.7 Å². The molecule has 0 saturated carbocycles. The molecule has 0 bridgehead atoms. The van der Waals surface area contributed by atoms with Gasteiger partial charge in [0.25, 0.3) is 0 Å². The summed E-state index contributed by atoms with van der Waals surface area (Å²) < 4.78 is 10.7. The molecule has 0 N–H and O–H groups in total. The predicted octanol–water partition coefficient (Wildman–Crippen LogP) is 4.91. The van der Waals surface area contributed by atoms with Crippen molar-refractivity contribution in [1.82, 2.24) is 0 Å². The number of benzene rings is 3. The summed E-state index contributed by atoms with van der Waals surface area (Å²) in [6, 6.07) is 20.8. The van der Waals surface area contributed by atoms with E-state index in [0.29, 0.717) is 6.61 Å². The van der Waals surface area contributed by atoms with Gasteiger partial charge in [-0.15, -0.1) is 0 Å². The standard InChI is InChI=1S/C19H18O2/c1-3-21-19-11-8-16-12-15(4-5-17(16)13-19)14-6-9-18(20-2)10-7-14/h4-13H,3H2,1-2H3. The number of hydrogen-bond acceptors (Lipinski definition) is 2. The lowest BCUT2D eigenvalue weighted by Gasteiger charge is -2.08. The van der Waals surface area contributed by atoms with Crippen LogP contribution >= 0.6 is 0 Å². The monoisotopic (exact) mass is 278 g/mol. The fourth-order valence-electron chi connectivity index (χ4n) is 2.44. The smallest absolute Gasteiger partial charge is 0.119 e. The average molecular weight is 278 g/mol. The lowest BCUT2D eigenvalue weighted by atomic mass is 10.0. The van der Waals surface area contributed by atoms with Crippen LogP contribution in [-0.2, 0) is 0 Å². The molecule has 2 nitrogen and oxygen atoms in total. The normalized spacial score (nSPS) is 10.6. The van der Waals surface area contributed by atoms with Crippen molar-refractivity contribution < 1.29 is 9.47 Å². The molecule has 0 aliphatic rings. The van der Waals surface area contributed by atoms with Crippen molar-refractivity contribution in [3.05, 3.63) is 60.7 Å². The molecule has 0 heterocycles. The van der Waals surface area contributed by atoms with Gasteiger partial charge in [0.1, 0.15) is 11.5 Å². The van der Waals surface area contributed by atoms with E-state index in [9.17, 15) is 0 Å². The summed E-state index contributed by atoms with van der Waals surface area (Å²) in [7, 11) is 1.68. The molecule has 0 aromatic heterocycles. The maximum atomic E-state index is 5.54. The number of ether oxygens (including phenoxy) is 2. The van der Waals surface area contributed by atoms with Crippen LogP contribution in [0, 0.1) is 0 Å². The summed E-state index contributed by atoms with van der Waals surface area (Å²) in [5.41, 5.74) is 2.39. The van der Waals surface area contributed by atoms with Gasteiger partial charge in [-0.3, -0.25) is 0 Å². The summed E-state index contributed by atoms with van der Waals surface area (Å²) in [6.07, 6.45) is 0. The summed E-state index contributed by atoms with van der Waals surface area (Å²) in [5.74, 6) is 1.79. The molecule has 3 rings (SSSR count). The molecule has 0 spiro atoms. The minimum absolute atomic E-state index is 0.690. The van der Waals surface area contributed by atoms with Crippen molar-refractivity contribution in [1.29, 1.82) is 0 Å². The fourth-order valence-corrected chi connectivity index (χ4v) is 2.44. The topological polar surface area (TPSA) is 18.5 Å². The molecular formula is C19H18O2. The first-order valence-electron chi connectivity index (χ1n) is 7.11. The molecule has 3 aromatic rings. The van der Waals surface area contributed by atoms with E-state index in [0.717, 1.165) is 11.5 Å². The van der Waals surface area contributed by atoms with Crippen LogP contribution in [0.1, 0.15) is 6.92 Å². The molecule has 0 amide bonds. The van der Waals surface area contributed by atoms with E-state index in [1.807, 2.05) is 25.1 Å². The largest absolute Gasteiger partial charge is 0.497 e. The molecular weight excluding hydrogens is 260 g/mol. The van der Waals surface area contributed by atoms with Gasteiger partial charge < -0.3 is 9.47 Å². The molecule has 0 saturated heterocycles. The summed E-state index contributed by atoms with van der Waals surface area (Å²) in [4.78, 5) is 0. The molecule has 0 aliphatic carbocycles. The van der Waals surface area contributed by atoms with E-state index in [-0.39, 0.29) is 0 Å². The van der Waals surface area contributed by atoms with Gasteiger partial charge >= 0.3 is 0 Å². The summed E-state index contributed by atoms with van der Waals surface area (Å²) >= 11 is 0. The van der Waals surface area contributed by atoms with Crippen LogP contribution in [0.4, 0.5) is 0 Å². The molecule has 0 fully saturated rings. The van der Waals surface area contributed by atoms with Crippen molar-refractivity contribution in [3.63, 3.8) is 0 Å². The van der Waals surface area contributed by atoms with Crippen LogP contribution in [0.5, 0.6) is 11.5 Å². The lowest BCUT2D eigenvalue weighted by molar-refractivity contribution is 0.341. The Labute approximate surface area is 124 Å². The van der Waals surface area contributed by atoms with Crippen molar-refractivity contribution in [2.75, 3.05) is 13.7 Å². The lowest BCUT2D eigenvalue weighted by Crippen LogP contribution is -1.90. The highest BCUT2D eigenvalue weighted by Crippen LogP contribution is 2.28. The molecule has 106 valence electrons. The minimum atomic E-state index is 0.690. The molecule has 3 aromatic carbocycles. The van der Waals surface area contributed by atoms with E-state index >= 15 is 0 Å². The predicted molar refractivity (Wildman–Crippen MR) is 87.1 cm³/mol. The fraction of sp³-hybridized carbons (Fsp3) is 0.158. The minimum Gasteiger partial charge on any atom is -0.497 e. The Hall–Kier alpha value is -2.48. The van der Waals surface area contributed by atoms with Gasteiger partial charge in [-0.2, -0.15) is 0 Å². The van der Waals surface area contributed by atoms with Crippen molar-refractivity contribution in [3.8, 4) is 22.6 Å². The van der Waals surface area contributed by atoms with Gasteiger partial charge in [0, 0.05) is 0 Å². The van der Waals surface area contributed by atoms with Crippen LogP contribution in [0.3, 0.4) is 0 Å². The second-order valence-electron chi connectivity index (χ2n) is 4.89. The second-order valence-corrected chi connectivity index (χ2v) is 4.89. The summed E-state index contributed by atoms with van der Waals surface area (Å²) in [5, 5.41) is 2.41. The molecule has 0 atom stereocenters. The third-order valence-electron chi connectivity index (χ3n) is 3.55. The van der Waals surface area contributed by atoms with Crippen molar-refractivity contribution in [2.24, 2.45) is 0 Å². The SMILES string of the molecule is CCOc1ccc2cc(-c3ccc(OC)cc3)ccc2c1. The number of hydrogen-bond donors (Lipinski definition) is 0. The first-order chi connectivity index (χ1) is 10.3. The van der Waals surface area contributed by atoms with E-state index in [1.54, 1.807) is 7.11 Å². The number of methoxy groups -OCH3 is 1. The van der Waals surface area contributed by atoms with Gasteiger partial charge in [0.2, 0.25) is 0 Å². The maximum absolute atomic E-state index is 5.54. The Balaban J connectivity index is 1.98. The van der Waals surface area contributed by atoms with E-state index in [4.69, 9.17) is 9.47 Å². The van der Waals surface area contributed by atoms with Crippen LogP contribution in [0.2, 0.25) is 0 Å². The van der Waals surface area contributed by atoms with Gasteiger partial charge in [0.15, 0.2) is 0 Å². The second kappa shape index (κ2) is 5.88. The molecule has 0 aliphatic heterocycles. The van der Waals surface area contributed by atoms with E-state index in [1.165, 1.54) is 21.9 Å². The Bertz CT molecular complexity index is 745. The highest BCUT2D eigenvalue weighted by molar-refractivity contribution is 5.88. The number of rotatable bonds is 4. The van der Waals surface area contributed by atoms with Gasteiger partial charge in [-0.1, -0.05) is 30.3 Å². The highest BCUT2D eigenvalue weighted by atomic mass is 16.5. The zero-order valence-electron chi connectivity index (χ0n) is 12.3. The third kappa shape index (κ3) is 2.84. The first-order valence-corrected chi connectivity index (χ1v) is 7.11. The van der Waals surface area contributed by atoms with Crippen LogP contribution in [0.25, 0.3) is 21.9 Å². The van der Waals surface area contributed by atoms with Crippen LogP contribution < -0.4 is 9.47 Å². The van der Waals surface area contributed by atoms with Crippen molar-refractivity contribution >= 4 is 10.8 Å². The van der Waals surface area contributed by atoms with Gasteiger partial charge in [-0.05, 0) is 59.2 Å². The Kier molecular flexibility index (Phi) is 3.78. The molecule has 0 unspecified atom stereocenters. The van der Waals surface area contributed by atoms with Gasteiger partial charge in [-0.25, -0.2) is 0 Å². The Morgan fingerprint density at radius 3 is 2.05 bits per heavy atom. The zero-order valence-corrected chi connectivity index (χ0v) is 12.3. The zero-order chi connectivity index (χ0) is 14.7. The average Bonchev–Trinajstić information content (AvgIpc) is 2.55.